The van der Waals surface area contributed by atoms with Crippen molar-refractivity contribution in [2.75, 3.05) is 7.11 Å². The van der Waals surface area contributed by atoms with E-state index in [1.165, 1.54) is 0 Å². The first-order valence-electron chi connectivity index (χ1n) is 4.81. The summed E-state index contributed by atoms with van der Waals surface area (Å²) < 4.78 is 67.5. The Balaban J connectivity index is 3.48. The van der Waals surface area contributed by atoms with Crippen LogP contribution in [-0.4, -0.2) is 23.2 Å². The van der Waals surface area contributed by atoms with Gasteiger partial charge in [-0.25, -0.2) is 13.8 Å². The van der Waals surface area contributed by atoms with E-state index in [0.717, 1.165) is 7.11 Å². The molecule has 106 valence electrons. The van der Waals surface area contributed by atoms with Crippen molar-refractivity contribution in [3.05, 3.63) is 22.9 Å². The van der Waals surface area contributed by atoms with E-state index in [4.69, 9.17) is 5.11 Å². The van der Waals surface area contributed by atoms with Gasteiger partial charge < -0.3 is 9.84 Å². The van der Waals surface area contributed by atoms with Gasteiger partial charge in [-0.3, -0.25) is 4.79 Å². The number of carboxylic acid groups (broad SMARTS) is 1. The highest BCUT2D eigenvalue weighted by Gasteiger charge is 2.37. The van der Waals surface area contributed by atoms with Crippen molar-refractivity contribution in [3.63, 3.8) is 0 Å². The van der Waals surface area contributed by atoms with E-state index >= 15 is 0 Å². The molecule has 0 aromatic carbocycles. The summed E-state index contributed by atoms with van der Waals surface area (Å²) in [6.45, 7) is 0. The van der Waals surface area contributed by atoms with E-state index in [1.54, 1.807) is 0 Å². The number of aromatic nitrogens is 1. The summed E-state index contributed by atoms with van der Waals surface area (Å²) in [6.07, 6.45) is -9.15. The van der Waals surface area contributed by atoms with E-state index in [0.29, 0.717) is 6.07 Å². The SMILES string of the molecule is COc1nc(C(F)(F)F)c(CC(=O)O)cc1C(F)F. The topological polar surface area (TPSA) is 59.4 Å². The number of carbonyl (C=O) groups is 1. The molecule has 1 heterocycles. The zero-order valence-corrected chi connectivity index (χ0v) is 9.46. The number of hydrogen-bond acceptors (Lipinski definition) is 3. The Bertz CT molecular complexity index is 487. The largest absolute Gasteiger partial charge is 0.481 e. The minimum Gasteiger partial charge on any atom is -0.481 e. The molecule has 0 saturated heterocycles. The van der Waals surface area contributed by atoms with Crippen LogP contribution < -0.4 is 4.74 Å². The Kier molecular flexibility index (Phi) is 4.28. The minimum atomic E-state index is -4.96. The predicted molar refractivity (Wildman–Crippen MR) is 52.1 cm³/mol. The molecule has 0 amide bonds. The number of nitrogens with zero attached hydrogens (tertiary/aromatic N) is 1. The zero-order chi connectivity index (χ0) is 14.8. The van der Waals surface area contributed by atoms with Crippen molar-refractivity contribution in [1.82, 2.24) is 4.98 Å². The molecular formula is C10H8F5NO3. The molecular weight excluding hydrogens is 277 g/mol. The van der Waals surface area contributed by atoms with Crippen LogP contribution in [0.3, 0.4) is 0 Å². The molecule has 4 nitrogen and oxygen atoms in total. The maximum atomic E-state index is 12.6. The molecule has 1 N–H and O–H groups in total. The summed E-state index contributed by atoms with van der Waals surface area (Å²) in [7, 11) is 0.894. The van der Waals surface area contributed by atoms with Crippen LogP contribution in [0.1, 0.15) is 23.2 Å². The van der Waals surface area contributed by atoms with Crippen LogP contribution in [0, 0.1) is 0 Å². The van der Waals surface area contributed by atoms with Crippen LogP contribution in [0.5, 0.6) is 5.88 Å². The molecule has 0 radical (unpaired) electrons. The van der Waals surface area contributed by atoms with Gasteiger partial charge in [0, 0.05) is 0 Å². The quantitative estimate of drug-likeness (QED) is 0.864. The first-order valence-corrected chi connectivity index (χ1v) is 4.81. The fourth-order valence-corrected chi connectivity index (χ4v) is 1.42. The molecule has 19 heavy (non-hydrogen) atoms. The fourth-order valence-electron chi connectivity index (χ4n) is 1.42. The monoisotopic (exact) mass is 285 g/mol. The van der Waals surface area contributed by atoms with Gasteiger partial charge in [-0.1, -0.05) is 0 Å². The van der Waals surface area contributed by atoms with Crippen molar-refractivity contribution in [2.45, 2.75) is 19.0 Å². The lowest BCUT2D eigenvalue weighted by Gasteiger charge is -2.15. The molecule has 0 aliphatic carbocycles. The number of halogens is 5. The summed E-state index contributed by atoms with van der Waals surface area (Å²) in [5.41, 5.74) is -3.26. The number of pyridine rings is 1. The van der Waals surface area contributed by atoms with Crippen molar-refractivity contribution >= 4 is 5.97 Å². The van der Waals surface area contributed by atoms with Crippen molar-refractivity contribution in [2.24, 2.45) is 0 Å². The lowest BCUT2D eigenvalue weighted by atomic mass is 10.1. The average molecular weight is 285 g/mol. The highest BCUT2D eigenvalue weighted by atomic mass is 19.4. The number of aliphatic carboxylic acids is 1. The minimum absolute atomic E-state index is 0.452. The average Bonchev–Trinajstić information content (AvgIpc) is 2.25. The van der Waals surface area contributed by atoms with Gasteiger partial charge in [0.15, 0.2) is 5.69 Å². The normalized spacial score (nSPS) is 11.7. The Morgan fingerprint density at radius 3 is 2.42 bits per heavy atom. The van der Waals surface area contributed by atoms with Gasteiger partial charge in [-0.2, -0.15) is 13.2 Å². The lowest BCUT2D eigenvalue weighted by molar-refractivity contribution is -0.143. The summed E-state index contributed by atoms with van der Waals surface area (Å²) in [5.74, 6) is -2.46. The van der Waals surface area contributed by atoms with E-state index in [-0.39, 0.29) is 0 Å². The Hall–Kier alpha value is -1.93. The number of hydrogen-bond donors (Lipinski definition) is 1. The highest BCUT2D eigenvalue weighted by molar-refractivity contribution is 5.70. The number of carboxylic acids is 1. The second kappa shape index (κ2) is 5.37. The van der Waals surface area contributed by atoms with Crippen LogP contribution in [0.4, 0.5) is 22.0 Å². The van der Waals surface area contributed by atoms with Crippen LogP contribution >= 0.6 is 0 Å². The van der Waals surface area contributed by atoms with Gasteiger partial charge in [-0.05, 0) is 11.6 Å². The van der Waals surface area contributed by atoms with Crippen molar-refractivity contribution in [3.8, 4) is 5.88 Å². The van der Waals surface area contributed by atoms with E-state index in [9.17, 15) is 26.7 Å². The van der Waals surface area contributed by atoms with Gasteiger partial charge in [-0.15, -0.1) is 0 Å². The third kappa shape index (κ3) is 3.52. The van der Waals surface area contributed by atoms with Crippen molar-refractivity contribution in [1.29, 1.82) is 0 Å². The molecule has 1 aromatic rings. The van der Waals surface area contributed by atoms with Crippen molar-refractivity contribution < 1.29 is 36.6 Å². The second-order valence-corrected chi connectivity index (χ2v) is 3.46. The summed E-state index contributed by atoms with van der Waals surface area (Å²) >= 11 is 0. The second-order valence-electron chi connectivity index (χ2n) is 3.46. The third-order valence-corrected chi connectivity index (χ3v) is 2.13. The summed E-state index contributed by atoms with van der Waals surface area (Å²) in [5, 5.41) is 8.50. The number of ether oxygens (including phenoxy) is 1. The highest BCUT2D eigenvalue weighted by Crippen LogP contribution is 2.36. The van der Waals surface area contributed by atoms with E-state index < -0.39 is 47.7 Å². The zero-order valence-electron chi connectivity index (χ0n) is 9.46. The van der Waals surface area contributed by atoms with E-state index in [2.05, 4.69) is 9.72 Å². The number of methoxy groups -OCH3 is 1. The Morgan fingerprint density at radius 1 is 1.47 bits per heavy atom. The molecule has 0 aliphatic rings. The van der Waals surface area contributed by atoms with E-state index in [1.807, 2.05) is 0 Å². The molecule has 0 fully saturated rings. The molecule has 9 heteroatoms. The van der Waals surface area contributed by atoms with Gasteiger partial charge >= 0.3 is 12.1 Å². The standard InChI is InChI=1S/C10H8F5NO3/c1-19-9-5(8(11)12)2-4(3-6(17)18)7(16-9)10(13,14)15/h2,8H,3H2,1H3,(H,17,18). The molecule has 0 spiro atoms. The third-order valence-electron chi connectivity index (χ3n) is 2.13. The summed E-state index contributed by atoms with van der Waals surface area (Å²) in [6, 6.07) is 0.452. The molecule has 0 bridgehead atoms. The maximum Gasteiger partial charge on any atom is 0.433 e. The van der Waals surface area contributed by atoms with Crippen LogP contribution in [0.2, 0.25) is 0 Å². The molecule has 0 atom stereocenters. The number of rotatable bonds is 4. The first-order chi connectivity index (χ1) is 8.66. The van der Waals surface area contributed by atoms with Crippen LogP contribution in [0.15, 0.2) is 6.07 Å². The molecule has 0 aliphatic heterocycles. The van der Waals surface area contributed by atoms with Gasteiger partial charge in [0.25, 0.3) is 6.43 Å². The molecule has 1 rings (SSSR count). The van der Waals surface area contributed by atoms with Gasteiger partial charge in [0.2, 0.25) is 5.88 Å². The Morgan fingerprint density at radius 2 is 2.05 bits per heavy atom. The number of alkyl halides is 5. The fraction of sp³-hybridized carbons (Fsp3) is 0.400. The smallest absolute Gasteiger partial charge is 0.433 e. The maximum absolute atomic E-state index is 12.6. The van der Waals surface area contributed by atoms with Gasteiger partial charge in [0.1, 0.15) is 0 Å². The van der Waals surface area contributed by atoms with Crippen LogP contribution in [-0.2, 0) is 17.4 Å². The Labute approximate surface area is 103 Å². The first kappa shape index (κ1) is 15.1. The summed E-state index contributed by atoms with van der Waals surface area (Å²) in [4.78, 5) is 13.4. The molecule has 0 unspecified atom stereocenters. The molecule has 1 aromatic heterocycles. The van der Waals surface area contributed by atoms with Gasteiger partial charge in [0.05, 0.1) is 19.1 Å². The van der Waals surface area contributed by atoms with Crippen LogP contribution in [0.25, 0.3) is 0 Å². The lowest BCUT2D eigenvalue weighted by Crippen LogP contribution is -2.16. The predicted octanol–water partition coefficient (Wildman–Crippen LogP) is 2.67. The molecule has 0 saturated carbocycles.